The van der Waals surface area contributed by atoms with Gasteiger partial charge in [0.25, 0.3) is 0 Å². The van der Waals surface area contributed by atoms with Crippen molar-refractivity contribution in [2.24, 2.45) is 0 Å². The lowest BCUT2D eigenvalue weighted by atomic mass is 10.2. The van der Waals surface area contributed by atoms with Crippen LogP contribution in [0.5, 0.6) is 17.2 Å². The van der Waals surface area contributed by atoms with Crippen LogP contribution in [0, 0.1) is 0 Å². The number of hydrogen-bond acceptors (Lipinski definition) is 4. The minimum atomic E-state index is 0.599. The molecule has 0 bridgehead atoms. The van der Waals surface area contributed by atoms with Gasteiger partial charge in [0.05, 0.1) is 24.8 Å². The molecule has 124 valence electrons. The Morgan fingerprint density at radius 1 is 1.00 bits per heavy atom. The van der Waals surface area contributed by atoms with Crippen molar-refractivity contribution in [1.29, 1.82) is 0 Å². The Labute approximate surface area is 145 Å². The Morgan fingerprint density at radius 3 is 2.30 bits per heavy atom. The fourth-order valence-corrected chi connectivity index (χ4v) is 2.79. The summed E-state index contributed by atoms with van der Waals surface area (Å²) in [5.74, 6) is 2.36. The molecule has 0 spiro atoms. The van der Waals surface area contributed by atoms with Crippen molar-refractivity contribution < 1.29 is 14.2 Å². The van der Waals surface area contributed by atoms with Crippen molar-refractivity contribution in [3.8, 4) is 17.2 Å². The van der Waals surface area contributed by atoms with Crippen LogP contribution in [-0.4, -0.2) is 20.3 Å². The second-order valence-corrected chi connectivity index (χ2v) is 5.71. The lowest BCUT2D eigenvalue weighted by molar-refractivity contribution is 0.286. The molecule has 0 aliphatic carbocycles. The third-order valence-electron chi connectivity index (χ3n) is 3.24. The molecule has 0 aromatic heterocycles. The summed E-state index contributed by atoms with van der Waals surface area (Å²) in [6, 6.07) is 11.9. The van der Waals surface area contributed by atoms with Crippen LogP contribution in [0.3, 0.4) is 0 Å². The van der Waals surface area contributed by atoms with E-state index in [9.17, 15) is 0 Å². The van der Waals surface area contributed by atoms with E-state index in [0.717, 1.165) is 33.0 Å². The SMILES string of the molecule is CCOc1cc(CNc2ccc(OC)cc2)cc(Br)c1OCC. The van der Waals surface area contributed by atoms with Crippen LogP contribution in [-0.2, 0) is 6.54 Å². The highest BCUT2D eigenvalue weighted by molar-refractivity contribution is 9.10. The van der Waals surface area contributed by atoms with Gasteiger partial charge >= 0.3 is 0 Å². The van der Waals surface area contributed by atoms with E-state index in [4.69, 9.17) is 14.2 Å². The molecule has 0 heterocycles. The predicted molar refractivity (Wildman–Crippen MR) is 96.8 cm³/mol. The number of halogens is 1. The molecule has 0 aliphatic heterocycles. The van der Waals surface area contributed by atoms with Crippen LogP contribution < -0.4 is 19.5 Å². The smallest absolute Gasteiger partial charge is 0.175 e. The summed E-state index contributed by atoms with van der Waals surface area (Å²) in [4.78, 5) is 0. The number of methoxy groups -OCH3 is 1. The van der Waals surface area contributed by atoms with Crippen LogP contribution in [0.4, 0.5) is 5.69 Å². The molecule has 0 amide bonds. The molecule has 2 aromatic carbocycles. The molecule has 0 aliphatic rings. The van der Waals surface area contributed by atoms with Crippen molar-refractivity contribution >= 4 is 21.6 Å². The number of rotatable bonds is 8. The Balaban J connectivity index is 2.12. The molecule has 0 unspecified atom stereocenters. The molecule has 5 heteroatoms. The zero-order valence-electron chi connectivity index (χ0n) is 13.7. The van der Waals surface area contributed by atoms with Crippen LogP contribution in [0.1, 0.15) is 19.4 Å². The third kappa shape index (κ3) is 4.79. The highest BCUT2D eigenvalue weighted by atomic mass is 79.9. The van der Waals surface area contributed by atoms with Crippen molar-refractivity contribution in [3.05, 3.63) is 46.4 Å². The van der Waals surface area contributed by atoms with Crippen molar-refractivity contribution in [2.75, 3.05) is 25.6 Å². The fraction of sp³-hybridized carbons (Fsp3) is 0.333. The second-order valence-electron chi connectivity index (χ2n) is 4.85. The van der Waals surface area contributed by atoms with Gasteiger partial charge in [-0.2, -0.15) is 0 Å². The molecule has 23 heavy (non-hydrogen) atoms. The van der Waals surface area contributed by atoms with Gasteiger partial charge in [-0.15, -0.1) is 0 Å². The van der Waals surface area contributed by atoms with E-state index in [0.29, 0.717) is 19.8 Å². The maximum Gasteiger partial charge on any atom is 0.175 e. The summed E-state index contributed by atoms with van der Waals surface area (Å²) in [7, 11) is 1.66. The number of hydrogen-bond donors (Lipinski definition) is 1. The molecule has 0 saturated heterocycles. The maximum atomic E-state index is 5.69. The number of ether oxygens (including phenoxy) is 3. The van der Waals surface area contributed by atoms with Gasteiger partial charge in [0.1, 0.15) is 5.75 Å². The highest BCUT2D eigenvalue weighted by Crippen LogP contribution is 2.37. The molecular weight excluding hydrogens is 358 g/mol. The summed E-state index contributed by atoms with van der Waals surface area (Å²) in [5.41, 5.74) is 2.15. The maximum absolute atomic E-state index is 5.69. The molecule has 4 nitrogen and oxygen atoms in total. The van der Waals surface area contributed by atoms with Gasteiger partial charge in [-0.1, -0.05) is 0 Å². The Bertz CT molecular complexity index is 629. The van der Waals surface area contributed by atoms with Gasteiger partial charge in [0.15, 0.2) is 11.5 Å². The van der Waals surface area contributed by atoms with Gasteiger partial charge < -0.3 is 19.5 Å². The first kappa shape index (κ1) is 17.5. The first-order valence-electron chi connectivity index (χ1n) is 7.63. The summed E-state index contributed by atoms with van der Waals surface area (Å²) in [6.07, 6.45) is 0. The lowest BCUT2D eigenvalue weighted by Crippen LogP contribution is -2.03. The predicted octanol–water partition coefficient (Wildman–Crippen LogP) is 4.87. The largest absolute Gasteiger partial charge is 0.497 e. The zero-order valence-corrected chi connectivity index (χ0v) is 15.3. The van der Waals surface area contributed by atoms with E-state index < -0.39 is 0 Å². The molecule has 0 saturated carbocycles. The lowest BCUT2D eigenvalue weighted by Gasteiger charge is -2.15. The van der Waals surface area contributed by atoms with E-state index >= 15 is 0 Å². The molecule has 0 atom stereocenters. The quantitative estimate of drug-likeness (QED) is 0.710. The van der Waals surface area contributed by atoms with Gasteiger partial charge in [-0.3, -0.25) is 0 Å². The van der Waals surface area contributed by atoms with Crippen molar-refractivity contribution in [2.45, 2.75) is 20.4 Å². The van der Waals surface area contributed by atoms with Gasteiger partial charge in [0.2, 0.25) is 0 Å². The number of nitrogens with one attached hydrogen (secondary N) is 1. The first-order valence-corrected chi connectivity index (χ1v) is 8.43. The van der Waals surface area contributed by atoms with Gasteiger partial charge in [-0.25, -0.2) is 0 Å². The topological polar surface area (TPSA) is 39.7 Å². The van der Waals surface area contributed by atoms with E-state index in [1.807, 2.05) is 50.2 Å². The summed E-state index contributed by atoms with van der Waals surface area (Å²) < 4.78 is 17.4. The van der Waals surface area contributed by atoms with E-state index in [1.54, 1.807) is 7.11 Å². The monoisotopic (exact) mass is 379 g/mol. The molecule has 2 aromatic rings. The van der Waals surface area contributed by atoms with E-state index in [2.05, 4.69) is 21.2 Å². The highest BCUT2D eigenvalue weighted by Gasteiger charge is 2.11. The van der Waals surface area contributed by atoms with E-state index in [1.165, 1.54) is 0 Å². The molecule has 2 rings (SSSR count). The van der Waals surface area contributed by atoms with Crippen LogP contribution >= 0.6 is 15.9 Å². The molecule has 1 N–H and O–H groups in total. The standard InChI is InChI=1S/C18H22BrNO3/c1-4-22-17-11-13(10-16(19)18(17)23-5-2)12-20-14-6-8-15(21-3)9-7-14/h6-11,20H,4-5,12H2,1-3H3. The van der Waals surface area contributed by atoms with Crippen molar-refractivity contribution in [3.63, 3.8) is 0 Å². The van der Waals surface area contributed by atoms with Crippen LogP contribution in [0.15, 0.2) is 40.9 Å². The summed E-state index contributed by atoms with van der Waals surface area (Å²) in [6.45, 7) is 5.81. The third-order valence-corrected chi connectivity index (χ3v) is 3.83. The zero-order chi connectivity index (χ0) is 16.7. The Kier molecular flexibility index (Phi) is 6.59. The van der Waals surface area contributed by atoms with Crippen LogP contribution in [0.25, 0.3) is 0 Å². The molecule has 0 radical (unpaired) electrons. The van der Waals surface area contributed by atoms with Crippen LogP contribution in [0.2, 0.25) is 0 Å². The van der Waals surface area contributed by atoms with Gasteiger partial charge in [-0.05, 0) is 71.7 Å². The minimum absolute atomic E-state index is 0.599. The summed E-state index contributed by atoms with van der Waals surface area (Å²) in [5, 5.41) is 3.39. The fourth-order valence-electron chi connectivity index (χ4n) is 2.18. The van der Waals surface area contributed by atoms with Gasteiger partial charge in [0, 0.05) is 12.2 Å². The molecule has 0 fully saturated rings. The average molecular weight is 380 g/mol. The number of anilines is 1. The number of benzene rings is 2. The van der Waals surface area contributed by atoms with Crippen molar-refractivity contribution in [1.82, 2.24) is 0 Å². The minimum Gasteiger partial charge on any atom is -0.497 e. The molecular formula is C18H22BrNO3. The first-order chi connectivity index (χ1) is 11.2. The average Bonchev–Trinajstić information content (AvgIpc) is 2.57. The normalized spacial score (nSPS) is 10.3. The Hall–Kier alpha value is -1.88. The summed E-state index contributed by atoms with van der Waals surface area (Å²) >= 11 is 3.56. The van der Waals surface area contributed by atoms with E-state index in [-0.39, 0.29) is 0 Å². The Morgan fingerprint density at radius 2 is 1.70 bits per heavy atom. The second kappa shape index (κ2) is 8.67.